The molecule has 6 rings (SSSR count). The van der Waals surface area contributed by atoms with E-state index in [1.54, 1.807) is 30.3 Å². The highest BCUT2D eigenvalue weighted by Gasteiger charge is 2.56. The fourth-order valence-corrected chi connectivity index (χ4v) is 7.54. The van der Waals surface area contributed by atoms with E-state index in [1.165, 1.54) is 6.07 Å². The Morgan fingerprint density at radius 2 is 1.16 bits per heavy atom. The van der Waals surface area contributed by atoms with E-state index in [0.29, 0.717) is 53.0 Å². The first-order valence-corrected chi connectivity index (χ1v) is 19.3. The molecule has 302 valence electrons. The molecule has 7 N–H and O–H groups in total. The summed E-state index contributed by atoms with van der Waals surface area (Å²) in [5.74, 6) is -0.798. The zero-order valence-corrected chi connectivity index (χ0v) is 32.5. The van der Waals surface area contributed by atoms with Crippen LogP contribution in [-0.2, 0) is 32.8 Å². The normalized spacial score (nSPS) is 29.2. The lowest BCUT2D eigenvalue weighted by atomic mass is 9.86. The van der Waals surface area contributed by atoms with Gasteiger partial charge in [-0.15, -0.1) is 0 Å². The lowest BCUT2D eigenvalue weighted by Gasteiger charge is -2.49. The molecule has 4 aromatic carbocycles. The third-order valence-corrected chi connectivity index (χ3v) is 11.0. The number of hydrogen-bond donors (Lipinski definition) is 7. The van der Waals surface area contributed by atoms with Crippen molar-refractivity contribution in [3.05, 3.63) is 128 Å². The third-order valence-electron chi connectivity index (χ3n) is 10.2. The fraction of sp³-hybridized carbons (Fsp3) is 0.429. The average molecular weight is 816 g/mol. The number of aliphatic hydroxyl groups excluding tert-OH is 7. The summed E-state index contributed by atoms with van der Waals surface area (Å²) in [5.41, 5.74) is 3.82. The van der Waals surface area contributed by atoms with Crippen molar-refractivity contribution in [2.45, 2.75) is 87.4 Å². The Bertz CT molecular complexity index is 1890. The van der Waals surface area contributed by atoms with Crippen LogP contribution in [0.3, 0.4) is 0 Å². The van der Waals surface area contributed by atoms with Crippen molar-refractivity contribution in [2.75, 3.05) is 26.4 Å². The molecule has 0 radical (unpaired) electrons. The van der Waals surface area contributed by atoms with Crippen LogP contribution in [0.25, 0.3) is 0 Å². The molecular formula is C42H48Cl2O12. The third kappa shape index (κ3) is 9.02. The summed E-state index contributed by atoms with van der Waals surface area (Å²) in [7, 11) is 0. The molecule has 0 unspecified atom stereocenters. The summed E-state index contributed by atoms with van der Waals surface area (Å²) in [6, 6.07) is 24.8. The molecule has 2 aliphatic heterocycles. The summed E-state index contributed by atoms with van der Waals surface area (Å²) in [6.07, 6.45) is -13.4. The highest BCUT2D eigenvalue weighted by atomic mass is 35.5. The smallest absolute Gasteiger partial charge is 0.225 e. The molecule has 0 amide bonds. The number of halogens is 2. The second-order valence-corrected chi connectivity index (χ2v) is 14.8. The van der Waals surface area contributed by atoms with Gasteiger partial charge in [0, 0.05) is 15.6 Å². The van der Waals surface area contributed by atoms with Crippen molar-refractivity contribution in [3.8, 4) is 11.5 Å². The molecular weight excluding hydrogens is 767 g/mol. The quantitative estimate of drug-likeness (QED) is 0.0977. The van der Waals surface area contributed by atoms with Gasteiger partial charge in [-0.2, -0.15) is 0 Å². The van der Waals surface area contributed by atoms with Gasteiger partial charge >= 0.3 is 0 Å². The van der Waals surface area contributed by atoms with Gasteiger partial charge < -0.3 is 59.4 Å². The Morgan fingerprint density at radius 1 is 0.625 bits per heavy atom. The first kappa shape index (κ1) is 42.3. The van der Waals surface area contributed by atoms with E-state index in [0.717, 1.165) is 22.4 Å². The maximum Gasteiger partial charge on any atom is 0.225 e. The topological polar surface area (TPSA) is 188 Å². The monoisotopic (exact) mass is 814 g/mol. The van der Waals surface area contributed by atoms with Crippen molar-refractivity contribution in [3.63, 3.8) is 0 Å². The lowest BCUT2D eigenvalue weighted by Crippen LogP contribution is -2.65. The fourth-order valence-electron chi connectivity index (χ4n) is 7.17. The molecule has 0 aromatic heterocycles. The standard InChI is InChI=1S/C42H48Cl2O12/c1-3-52-29-11-5-23(6-12-29)17-26-19-25(9-15-31(26)43)40-38(49)37(48)36(47)34(55-40)22-54-42(41(51)39(50)35(46)33(21-45)56-42)28-10-16-32(44)27(20-28)18-24-7-13-30(14-8-24)53-4-2/h5-16,19-20,33-41,45-51H,3-4,17-18,21-22H2,1-2H3/t33-,34+,35-,36-,37+,38-,39+,40+,41-,42+/m1/s1. The number of hydrogen-bond acceptors (Lipinski definition) is 12. The van der Waals surface area contributed by atoms with Gasteiger partial charge in [-0.25, -0.2) is 0 Å². The lowest BCUT2D eigenvalue weighted by molar-refractivity contribution is -0.381. The van der Waals surface area contributed by atoms with Crippen LogP contribution >= 0.6 is 23.2 Å². The Kier molecular flexibility index (Phi) is 14.0. The van der Waals surface area contributed by atoms with E-state index in [2.05, 4.69) is 0 Å². The Labute approximate surface area is 335 Å². The Balaban J connectivity index is 1.28. The molecule has 0 aliphatic carbocycles. The van der Waals surface area contributed by atoms with E-state index >= 15 is 0 Å². The molecule has 14 heteroatoms. The Hall–Kier alpha value is -3.34. The highest BCUT2D eigenvalue weighted by Crippen LogP contribution is 2.43. The summed E-state index contributed by atoms with van der Waals surface area (Å²) < 4.78 is 29.8. The molecule has 12 nitrogen and oxygen atoms in total. The minimum atomic E-state index is -2.24. The summed E-state index contributed by atoms with van der Waals surface area (Å²) in [5, 5.41) is 77.7. The summed E-state index contributed by atoms with van der Waals surface area (Å²) >= 11 is 13.2. The molecule has 2 aliphatic rings. The summed E-state index contributed by atoms with van der Waals surface area (Å²) in [4.78, 5) is 0. The maximum atomic E-state index is 11.6. The van der Waals surface area contributed by atoms with E-state index < -0.39 is 73.9 Å². The van der Waals surface area contributed by atoms with Crippen molar-refractivity contribution >= 4 is 23.2 Å². The van der Waals surface area contributed by atoms with Crippen LogP contribution in [0.15, 0.2) is 84.9 Å². The second-order valence-electron chi connectivity index (χ2n) is 14.0. The van der Waals surface area contributed by atoms with Gasteiger partial charge in [0.25, 0.3) is 0 Å². The molecule has 2 fully saturated rings. The predicted octanol–water partition coefficient (Wildman–Crippen LogP) is 3.84. The van der Waals surface area contributed by atoms with Crippen LogP contribution in [0.5, 0.6) is 11.5 Å². The van der Waals surface area contributed by atoms with Gasteiger partial charge in [0.15, 0.2) is 0 Å². The van der Waals surface area contributed by atoms with Crippen LogP contribution in [0, 0.1) is 0 Å². The zero-order valence-electron chi connectivity index (χ0n) is 30.9. The SMILES string of the molecule is CCOc1ccc(Cc2cc([C@@H]3O[C@@H](CO[C@@]4(c5ccc(Cl)c(Cc6ccc(OCC)cc6)c5)O[C@H](CO)[C@@H](O)[C@H](O)[C@H]4O)[C@@H](O)[C@H](O)[C@H]3O)ccc2Cl)cc1. The Morgan fingerprint density at radius 3 is 1.71 bits per heavy atom. The van der Waals surface area contributed by atoms with Crippen molar-refractivity contribution in [2.24, 2.45) is 0 Å². The van der Waals surface area contributed by atoms with E-state index in [9.17, 15) is 35.7 Å². The van der Waals surface area contributed by atoms with Crippen LogP contribution in [0.4, 0.5) is 0 Å². The molecule has 2 heterocycles. The number of benzene rings is 4. The van der Waals surface area contributed by atoms with Crippen LogP contribution in [0.2, 0.25) is 10.0 Å². The molecule has 4 aromatic rings. The van der Waals surface area contributed by atoms with Gasteiger partial charge in [0.05, 0.1) is 26.4 Å². The molecule has 0 spiro atoms. The highest BCUT2D eigenvalue weighted by molar-refractivity contribution is 6.31. The first-order chi connectivity index (χ1) is 26.9. The number of aliphatic hydroxyl groups is 7. The van der Waals surface area contributed by atoms with E-state index in [4.69, 9.17) is 46.9 Å². The van der Waals surface area contributed by atoms with E-state index in [1.807, 2.05) is 62.4 Å². The minimum absolute atomic E-state index is 0.179. The second kappa shape index (κ2) is 18.5. The van der Waals surface area contributed by atoms with Crippen molar-refractivity contribution in [1.82, 2.24) is 0 Å². The van der Waals surface area contributed by atoms with Crippen LogP contribution in [-0.4, -0.2) is 111 Å². The van der Waals surface area contributed by atoms with Gasteiger partial charge in [0.1, 0.15) is 66.4 Å². The predicted molar refractivity (Wildman–Crippen MR) is 207 cm³/mol. The van der Waals surface area contributed by atoms with E-state index in [-0.39, 0.29) is 5.56 Å². The van der Waals surface area contributed by atoms with Gasteiger partial charge in [0.2, 0.25) is 5.79 Å². The van der Waals surface area contributed by atoms with Crippen molar-refractivity contribution in [1.29, 1.82) is 0 Å². The van der Waals surface area contributed by atoms with Crippen LogP contribution in [0.1, 0.15) is 53.3 Å². The molecule has 0 bridgehead atoms. The maximum absolute atomic E-state index is 11.6. The molecule has 56 heavy (non-hydrogen) atoms. The molecule has 2 saturated heterocycles. The zero-order chi connectivity index (χ0) is 40.1. The minimum Gasteiger partial charge on any atom is -0.494 e. The number of ether oxygens (including phenoxy) is 5. The van der Waals surface area contributed by atoms with Gasteiger partial charge in [-0.1, -0.05) is 65.7 Å². The average Bonchev–Trinajstić information content (AvgIpc) is 3.20. The van der Waals surface area contributed by atoms with Gasteiger partial charge in [-0.3, -0.25) is 0 Å². The van der Waals surface area contributed by atoms with Crippen molar-refractivity contribution < 1.29 is 59.4 Å². The molecule has 10 atom stereocenters. The number of rotatable bonds is 14. The summed E-state index contributed by atoms with van der Waals surface area (Å²) in [6.45, 7) is 3.56. The molecule has 0 saturated carbocycles. The van der Waals surface area contributed by atoms with Gasteiger partial charge in [-0.05, 0) is 97.0 Å². The van der Waals surface area contributed by atoms with Crippen LogP contribution < -0.4 is 9.47 Å². The largest absolute Gasteiger partial charge is 0.494 e. The first-order valence-electron chi connectivity index (χ1n) is 18.6.